The average molecular weight is 368 g/mol. The third kappa shape index (κ3) is 4.61. The monoisotopic (exact) mass is 368 g/mol. The normalized spacial score (nSPS) is 18.5. The van der Waals surface area contributed by atoms with E-state index in [1.807, 2.05) is 42.6 Å². The number of aryl methyl sites for hydroxylation is 1. The standard InChI is InChI=1S/C18H19F3N2OS/c1-12-2-4-13(5-3-12)15-7-9-25-16(15)17(24)22-14-6-8-23(10-14)11-18(19,20)21/h2-5,7,9,14H,6,8,10-11H2,1H3,(H,22,24)/t14-/m0/s1. The van der Waals surface area contributed by atoms with Gasteiger partial charge in [0.05, 0.1) is 11.4 Å². The lowest BCUT2D eigenvalue weighted by Crippen LogP contribution is -2.39. The minimum Gasteiger partial charge on any atom is -0.347 e. The second-order valence-electron chi connectivity index (χ2n) is 6.34. The Morgan fingerprint density at radius 1 is 1.28 bits per heavy atom. The molecule has 0 unspecified atom stereocenters. The lowest BCUT2D eigenvalue weighted by atomic mass is 10.0. The number of nitrogens with zero attached hydrogens (tertiary/aromatic N) is 1. The van der Waals surface area contributed by atoms with Gasteiger partial charge in [-0.3, -0.25) is 9.69 Å². The Labute approximate surface area is 148 Å². The number of carbonyl (C=O) groups excluding carboxylic acids is 1. The molecule has 0 bridgehead atoms. The first-order valence-corrected chi connectivity index (χ1v) is 8.94. The molecular formula is C18H19F3N2OS. The van der Waals surface area contributed by atoms with E-state index in [0.29, 0.717) is 17.8 Å². The number of halogens is 3. The maximum Gasteiger partial charge on any atom is 0.401 e. The summed E-state index contributed by atoms with van der Waals surface area (Å²) in [6, 6.07) is 9.56. The number of benzene rings is 1. The zero-order valence-electron chi connectivity index (χ0n) is 13.8. The van der Waals surface area contributed by atoms with Crippen LogP contribution in [0.2, 0.25) is 0 Å². The number of likely N-dealkylation sites (tertiary alicyclic amines) is 1. The van der Waals surface area contributed by atoms with Gasteiger partial charge < -0.3 is 5.32 Å². The van der Waals surface area contributed by atoms with Crippen LogP contribution < -0.4 is 5.32 Å². The molecule has 2 aromatic rings. The first-order valence-electron chi connectivity index (χ1n) is 8.06. The number of alkyl halides is 3. The maximum atomic E-state index is 12.6. The van der Waals surface area contributed by atoms with Crippen LogP contribution in [-0.2, 0) is 0 Å². The van der Waals surface area contributed by atoms with Gasteiger partial charge in [0.2, 0.25) is 0 Å². The third-order valence-electron chi connectivity index (χ3n) is 4.24. The smallest absolute Gasteiger partial charge is 0.347 e. The van der Waals surface area contributed by atoms with Crippen molar-refractivity contribution < 1.29 is 18.0 Å². The van der Waals surface area contributed by atoms with Crippen LogP contribution >= 0.6 is 11.3 Å². The van der Waals surface area contributed by atoms with Crippen molar-refractivity contribution in [2.45, 2.75) is 25.6 Å². The summed E-state index contributed by atoms with van der Waals surface area (Å²) in [6.45, 7) is 1.65. The van der Waals surface area contributed by atoms with Crippen molar-refractivity contribution in [1.29, 1.82) is 0 Å². The molecule has 0 radical (unpaired) electrons. The Morgan fingerprint density at radius 3 is 2.68 bits per heavy atom. The van der Waals surface area contributed by atoms with Crippen molar-refractivity contribution in [2.75, 3.05) is 19.6 Å². The van der Waals surface area contributed by atoms with Crippen molar-refractivity contribution in [3.63, 3.8) is 0 Å². The van der Waals surface area contributed by atoms with E-state index in [2.05, 4.69) is 5.32 Å². The molecule has 1 saturated heterocycles. The Morgan fingerprint density at radius 2 is 2.00 bits per heavy atom. The molecule has 1 aromatic carbocycles. The van der Waals surface area contributed by atoms with Gasteiger partial charge in [0.15, 0.2) is 0 Å². The van der Waals surface area contributed by atoms with Crippen molar-refractivity contribution in [1.82, 2.24) is 10.2 Å². The van der Waals surface area contributed by atoms with E-state index < -0.39 is 12.7 Å². The largest absolute Gasteiger partial charge is 0.401 e. The average Bonchev–Trinajstić information content (AvgIpc) is 3.16. The van der Waals surface area contributed by atoms with Crippen molar-refractivity contribution in [3.05, 3.63) is 46.2 Å². The van der Waals surface area contributed by atoms with Crippen LogP contribution in [0.25, 0.3) is 11.1 Å². The molecule has 2 heterocycles. The van der Waals surface area contributed by atoms with E-state index in [0.717, 1.165) is 16.7 Å². The van der Waals surface area contributed by atoms with E-state index in [1.165, 1.54) is 16.2 Å². The van der Waals surface area contributed by atoms with Gasteiger partial charge in [0.25, 0.3) is 5.91 Å². The Kier molecular flexibility index (Phi) is 5.15. The van der Waals surface area contributed by atoms with Gasteiger partial charge in [-0.15, -0.1) is 11.3 Å². The van der Waals surface area contributed by atoms with Crippen molar-refractivity contribution in [2.24, 2.45) is 0 Å². The fourth-order valence-corrected chi connectivity index (χ4v) is 3.86. The van der Waals surface area contributed by atoms with Gasteiger partial charge in [0.1, 0.15) is 0 Å². The molecule has 1 aliphatic rings. The van der Waals surface area contributed by atoms with E-state index in [-0.39, 0.29) is 18.5 Å². The molecule has 7 heteroatoms. The lowest BCUT2D eigenvalue weighted by Gasteiger charge is -2.18. The van der Waals surface area contributed by atoms with E-state index in [1.54, 1.807) is 0 Å². The lowest BCUT2D eigenvalue weighted by molar-refractivity contribution is -0.143. The molecule has 3 rings (SSSR count). The fourth-order valence-electron chi connectivity index (χ4n) is 3.04. The first-order chi connectivity index (χ1) is 11.8. The zero-order chi connectivity index (χ0) is 18.0. The van der Waals surface area contributed by atoms with E-state index >= 15 is 0 Å². The highest BCUT2D eigenvalue weighted by molar-refractivity contribution is 7.12. The minimum atomic E-state index is -4.20. The molecule has 0 saturated carbocycles. The molecule has 3 nitrogen and oxygen atoms in total. The highest BCUT2D eigenvalue weighted by Gasteiger charge is 2.34. The van der Waals surface area contributed by atoms with Gasteiger partial charge in [-0.1, -0.05) is 29.8 Å². The van der Waals surface area contributed by atoms with Gasteiger partial charge >= 0.3 is 6.18 Å². The molecule has 1 amide bonds. The Bertz CT molecular complexity index is 740. The molecule has 0 aliphatic carbocycles. The highest BCUT2D eigenvalue weighted by atomic mass is 32.1. The molecule has 1 fully saturated rings. The SMILES string of the molecule is Cc1ccc(-c2ccsc2C(=O)N[C@H]2CCN(CC(F)(F)F)C2)cc1. The van der Waals surface area contributed by atoms with Crippen LogP contribution in [0.15, 0.2) is 35.7 Å². The summed E-state index contributed by atoms with van der Waals surface area (Å²) in [5.74, 6) is -0.218. The summed E-state index contributed by atoms with van der Waals surface area (Å²) < 4.78 is 37.4. The fraction of sp³-hybridized carbons (Fsp3) is 0.389. The van der Waals surface area contributed by atoms with Gasteiger partial charge in [-0.25, -0.2) is 0 Å². The van der Waals surface area contributed by atoms with Gasteiger partial charge in [0, 0.05) is 24.7 Å². The van der Waals surface area contributed by atoms with Crippen LogP contribution in [0.4, 0.5) is 13.2 Å². The van der Waals surface area contributed by atoms with Crippen LogP contribution in [0.1, 0.15) is 21.7 Å². The quantitative estimate of drug-likeness (QED) is 0.882. The Balaban J connectivity index is 1.65. The predicted molar refractivity (Wildman–Crippen MR) is 92.9 cm³/mol. The second-order valence-corrected chi connectivity index (χ2v) is 7.25. The summed E-state index contributed by atoms with van der Waals surface area (Å²) in [7, 11) is 0. The zero-order valence-corrected chi connectivity index (χ0v) is 14.6. The van der Waals surface area contributed by atoms with E-state index in [9.17, 15) is 18.0 Å². The van der Waals surface area contributed by atoms with E-state index in [4.69, 9.17) is 0 Å². The number of thiophene rings is 1. The number of carbonyl (C=O) groups is 1. The summed E-state index contributed by atoms with van der Waals surface area (Å²) in [6.07, 6.45) is -3.67. The van der Waals surface area contributed by atoms with Gasteiger partial charge in [-0.2, -0.15) is 13.2 Å². The second kappa shape index (κ2) is 7.17. The van der Waals surface area contributed by atoms with Crippen LogP contribution in [0.3, 0.4) is 0 Å². The summed E-state index contributed by atoms with van der Waals surface area (Å²) in [5, 5.41) is 4.74. The number of hydrogen-bond acceptors (Lipinski definition) is 3. The molecule has 0 spiro atoms. The summed E-state index contributed by atoms with van der Waals surface area (Å²) in [4.78, 5) is 14.5. The highest BCUT2D eigenvalue weighted by Crippen LogP contribution is 2.29. The summed E-state index contributed by atoms with van der Waals surface area (Å²) >= 11 is 1.35. The van der Waals surface area contributed by atoms with Gasteiger partial charge in [-0.05, 0) is 30.4 Å². The topological polar surface area (TPSA) is 32.3 Å². The first kappa shape index (κ1) is 17.9. The van der Waals surface area contributed by atoms with Crippen LogP contribution in [-0.4, -0.2) is 42.7 Å². The minimum absolute atomic E-state index is 0.218. The summed E-state index contributed by atoms with van der Waals surface area (Å²) in [5.41, 5.74) is 2.95. The molecule has 134 valence electrons. The van der Waals surface area contributed by atoms with Crippen molar-refractivity contribution in [3.8, 4) is 11.1 Å². The molecule has 1 aliphatic heterocycles. The molecule has 1 N–H and O–H groups in total. The third-order valence-corrected chi connectivity index (χ3v) is 5.16. The number of hydrogen-bond donors (Lipinski definition) is 1. The van der Waals surface area contributed by atoms with Crippen LogP contribution in [0.5, 0.6) is 0 Å². The molecule has 25 heavy (non-hydrogen) atoms. The number of rotatable bonds is 4. The molecular weight excluding hydrogens is 349 g/mol. The maximum absolute atomic E-state index is 12.6. The number of amides is 1. The number of nitrogens with one attached hydrogen (secondary N) is 1. The predicted octanol–water partition coefficient (Wildman–Crippen LogP) is 4.09. The van der Waals surface area contributed by atoms with Crippen LogP contribution in [0, 0.1) is 6.92 Å². The molecule has 1 atom stereocenters. The van der Waals surface area contributed by atoms with Crippen molar-refractivity contribution >= 4 is 17.2 Å². The molecule has 1 aromatic heterocycles. The Hall–Kier alpha value is -1.86.